The van der Waals surface area contributed by atoms with E-state index in [1.165, 1.54) is 19.0 Å². The first-order chi connectivity index (χ1) is 7.68. The second-order valence-electron chi connectivity index (χ2n) is 4.39. The summed E-state index contributed by atoms with van der Waals surface area (Å²) in [6.45, 7) is 2.90. The van der Waals surface area contributed by atoms with Gasteiger partial charge in [-0.2, -0.15) is 0 Å². The zero-order chi connectivity index (χ0) is 11.5. The van der Waals surface area contributed by atoms with Crippen LogP contribution in [0.5, 0.6) is 0 Å². The Kier molecular flexibility index (Phi) is 3.24. The number of nitrogens with zero attached hydrogens (tertiary/aromatic N) is 2. The van der Waals surface area contributed by atoms with Gasteiger partial charge in [-0.05, 0) is 26.8 Å². The molecule has 0 aliphatic heterocycles. The lowest BCUT2D eigenvalue weighted by molar-refractivity contribution is 0.257. The minimum Gasteiger partial charge on any atom is -0.364 e. The van der Waals surface area contributed by atoms with Crippen molar-refractivity contribution in [3.8, 4) is 0 Å². The number of likely N-dealkylation sites (N-methyl/N-ethyl adjacent to an activating group) is 1. The third kappa shape index (κ3) is 2.61. The Balaban J connectivity index is 1.87. The van der Waals surface area contributed by atoms with Crippen molar-refractivity contribution in [2.24, 2.45) is 0 Å². The number of H-pyrrole nitrogens is 1. The number of hydrogen-bond donors (Lipinski definition) is 2. The highest BCUT2D eigenvalue weighted by Gasteiger charge is 2.28. The molecule has 5 nitrogen and oxygen atoms in total. The zero-order valence-electron chi connectivity index (χ0n) is 9.73. The maximum Gasteiger partial charge on any atom is 0.290 e. The fourth-order valence-electron chi connectivity index (χ4n) is 1.71. The smallest absolute Gasteiger partial charge is 0.290 e. The van der Waals surface area contributed by atoms with Crippen LogP contribution in [-0.4, -0.2) is 40.5 Å². The molecule has 88 valence electrons. The van der Waals surface area contributed by atoms with Crippen molar-refractivity contribution in [2.45, 2.75) is 31.8 Å². The van der Waals surface area contributed by atoms with Crippen LogP contribution in [0, 0.1) is 0 Å². The number of aromatic nitrogens is 2. The number of hydrogen-bond acceptors (Lipinski definition) is 4. The minimum absolute atomic E-state index is 0.163. The van der Waals surface area contributed by atoms with Gasteiger partial charge in [0.15, 0.2) is 5.82 Å². The van der Waals surface area contributed by atoms with Crippen molar-refractivity contribution in [2.75, 3.05) is 18.9 Å². The fourth-order valence-corrected chi connectivity index (χ4v) is 1.71. The average Bonchev–Trinajstić information content (AvgIpc) is 3.10. The number of rotatable bonds is 5. The van der Waals surface area contributed by atoms with E-state index in [-0.39, 0.29) is 5.56 Å². The van der Waals surface area contributed by atoms with Crippen LogP contribution < -0.4 is 10.9 Å². The van der Waals surface area contributed by atoms with Crippen molar-refractivity contribution in [1.82, 2.24) is 14.9 Å². The molecule has 0 radical (unpaired) electrons. The molecule has 1 unspecified atom stereocenters. The second kappa shape index (κ2) is 4.65. The van der Waals surface area contributed by atoms with E-state index in [1.54, 1.807) is 6.20 Å². The van der Waals surface area contributed by atoms with Crippen molar-refractivity contribution in [1.29, 1.82) is 0 Å². The maximum absolute atomic E-state index is 11.4. The summed E-state index contributed by atoms with van der Waals surface area (Å²) >= 11 is 0. The third-order valence-electron chi connectivity index (χ3n) is 3.09. The monoisotopic (exact) mass is 222 g/mol. The Morgan fingerprint density at radius 1 is 1.69 bits per heavy atom. The van der Waals surface area contributed by atoms with Crippen LogP contribution >= 0.6 is 0 Å². The van der Waals surface area contributed by atoms with Gasteiger partial charge < -0.3 is 10.3 Å². The molecule has 0 amide bonds. The van der Waals surface area contributed by atoms with Crippen LogP contribution in [0.2, 0.25) is 0 Å². The Morgan fingerprint density at radius 3 is 3.06 bits per heavy atom. The highest BCUT2D eigenvalue weighted by molar-refractivity contribution is 5.30. The third-order valence-corrected chi connectivity index (χ3v) is 3.09. The van der Waals surface area contributed by atoms with Gasteiger partial charge >= 0.3 is 0 Å². The van der Waals surface area contributed by atoms with Gasteiger partial charge in [0, 0.05) is 31.0 Å². The SMILES string of the molecule is CC(CNc1ncc[nH]c1=O)N(C)C1CC1. The predicted octanol–water partition coefficient (Wildman–Crippen LogP) is 0.664. The van der Waals surface area contributed by atoms with Crippen LogP contribution in [0.15, 0.2) is 17.2 Å². The van der Waals surface area contributed by atoms with E-state index in [2.05, 4.69) is 34.2 Å². The van der Waals surface area contributed by atoms with Crippen LogP contribution in [-0.2, 0) is 0 Å². The first-order valence-corrected chi connectivity index (χ1v) is 5.68. The van der Waals surface area contributed by atoms with E-state index < -0.39 is 0 Å². The van der Waals surface area contributed by atoms with E-state index in [0.29, 0.717) is 11.9 Å². The molecule has 0 spiro atoms. The molecule has 0 aromatic carbocycles. The summed E-state index contributed by atoms with van der Waals surface area (Å²) in [5.74, 6) is 0.401. The molecule has 1 saturated carbocycles. The molecule has 1 atom stereocenters. The fraction of sp³-hybridized carbons (Fsp3) is 0.636. The van der Waals surface area contributed by atoms with E-state index >= 15 is 0 Å². The molecule has 0 saturated heterocycles. The minimum atomic E-state index is -0.163. The lowest BCUT2D eigenvalue weighted by atomic mass is 10.3. The molecular weight excluding hydrogens is 204 g/mol. The van der Waals surface area contributed by atoms with Crippen LogP contribution in [0.3, 0.4) is 0 Å². The molecule has 1 aromatic rings. The van der Waals surface area contributed by atoms with Gasteiger partial charge in [-0.15, -0.1) is 0 Å². The van der Waals surface area contributed by atoms with Gasteiger partial charge in [-0.1, -0.05) is 0 Å². The van der Waals surface area contributed by atoms with Crippen molar-refractivity contribution >= 4 is 5.82 Å². The highest BCUT2D eigenvalue weighted by Crippen LogP contribution is 2.26. The highest BCUT2D eigenvalue weighted by atomic mass is 16.1. The Morgan fingerprint density at radius 2 is 2.44 bits per heavy atom. The molecule has 1 aliphatic carbocycles. The normalized spacial score (nSPS) is 17.4. The molecule has 5 heteroatoms. The van der Waals surface area contributed by atoms with Gasteiger partial charge in [0.1, 0.15) is 0 Å². The second-order valence-corrected chi connectivity index (χ2v) is 4.39. The number of nitrogens with one attached hydrogen (secondary N) is 2. The molecule has 0 bridgehead atoms. The molecule has 1 aliphatic rings. The Hall–Kier alpha value is -1.36. The summed E-state index contributed by atoms with van der Waals surface area (Å²) in [7, 11) is 2.13. The molecule has 2 N–H and O–H groups in total. The summed E-state index contributed by atoms with van der Waals surface area (Å²) in [6, 6.07) is 1.15. The molecule has 1 heterocycles. The first-order valence-electron chi connectivity index (χ1n) is 5.68. The van der Waals surface area contributed by atoms with E-state index in [0.717, 1.165) is 12.6 Å². The molecular formula is C11H18N4O. The van der Waals surface area contributed by atoms with Crippen LogP contribution in [0.4, 0.5) is 5.82 Å². The summed E-state index contributed by atoms with van der Waals surface area (Å²) in [5, 5.41) is 3.08. The van der Waals surface area contributed by atoms with Crippen LogP contribution in [0.1, 0.15) is 19.8 Å². The number of aromatic amines is 1. The van der Waals surface area contributed by atoms with E-state index in [4.69, 9.17) is 0 Å². The molecule has 2 rings (SSSR count). The Labute approximate surface area is 94.9 Å². The summed E-state index contributed by atoms with van der Waals surface area (Å²) in [4.78, 5) is 20.3. The van der Waals surface area contributed by atoms with Gasteiger partial charge in [0.25, 0.3) is 5.56 Å². The average molecular weight is 222 g/mol. The van der Waals surface area contributed by atoms with Crippen LogP contribution in [0.25, 0.3) is 0 Å². The van der Waals surface area contributed by atoms with Gasteiger partial charge in [-0.3, -0.25) is 9.69 Å². The van der Waals surface area contributed by atoms with Gasteiger partial charge in [-0.25, -0.2) is 4.98 Å². The topological polar surface area (TPSA) is 61.0 Å². The van der Waals surface area contributed by atoms with Gasteiger partial charge in [0.2, 0.25) is 0 Å². The summed E-state index contributed by atoms with van der Waals surface area (Å²) in [6.07, 6.45) is 5.71. The zero-order valence-corrected chi connectivity index (χ0v) is 9.73. The van der Waals surface area contributed by atoms with Gasteiger partial charge in [0.05, 0.1) is 0 Å². The largest absolute Gasteiger partial charge is 0.364 e. The molecule has 16 heavy (non-hydrogen) atoms. The maximum atomic E-state index is 11.4. The molecule has 1 fully saturated rings. The standard InChI is InChI=1S/C11H18N4O/c1-8(15(2)9-3-4-9)7-14-10-11(16)13-6-5-12-10/h5-6,8-9H,3-4,7H2,1-2H3,(H,12,14)(H,13,16). The van der Waals surface area contributed by atoms with E-state index in [9.17, 15) is 4.79 Å². The van der Waals surface area contributed by atoms with Crippen molar-refractivity contribution in [3.63, 3.8) is 0 Å². The molecule has 1 aromatic heterocycles. The number of anilines is 1. The summed E-state index contributed by atoms with van der Waals surface area (Å²) in [5.41, 5.74) is -0.163. The Bertz CT molecular complexity index is 399. The lowest BCUT2D eigenvalue weighted by Crippen LogP contribution is -2.37. The first kappa shape index (κ1) is 11.1. The lowest BCUT2D eigenvalue weighted by Gasteiger charge is -2.24. The van der Waals surface area contributed by atoms with E-state index in [1.807, 2.05) is 0 Å². The predicted molar refractivity (Wildman–Crippen MR) is 63.6 cm³/mol. The van der Waals surface area contributed by atoms with Crippen molar-refractivity contribution < 1.29 is 0 Å². The quantitative estimate of drug-likeness (QED) is 0.768. The van der Waals surface area contributed by atoms with Crippen molar-refractivity contribution in [3.05, 3.63) is 22.7 Å². The summed E-state index contributed by atoms with van der Waals surface area (Å²) < 4.78 is 0.